The molecule has 1 fully saturated rings. The molecule has 0 radical (unpaired) electrons. The van der Waals surface area contributed by atoms with E-state index in [2.05, 4.69) is 10.2 Å². The van der Waals surface area contributed by atoms with Crippen LogP contribution in [0.15, 0.2) is 47.4 Å². The van der Waals surface area contributed by atoms with Gasteiger partial charge in [0, 0.05) is 37.7 Å². The lowest BCUT2D eigenvalue weighted by Gasteiger charge is -2.27. The fourth-order valence-corrected chi connectivity index (χ4v) is 5.05. The normalized spacial score (nSPS) is 15.1. The Morgan fingerprint density at radius 3 is 2.38 bits per heavy atom. The molecule has 0 spiro atoms. The molecular formula is C21H24Cl3N3O4S. The molecule has 1 N–H and O–H groups in total. The zero-order valence-electron chi connectivity index (χ0n) is 17.3. The first kappa shape index (κ1) is 25.2. The largest absolute Gasteiger partial charge is 0.379 e. The molecule has 0 bridgehead atoms. The Balaban J connectivity index is 1.72. The van der Waals surface area contributed by atoms with E-state index in [-0.39, 0.29) is 18.0 Å². The minimum absolute atomic E-state index is 0.0429. The number of sulfonamides is 1. The van der Waals surface area contributed by atoms with Gasteiger partial charge in [-0.15, -0.1) is 0 Å². The summed E-state index contributed by atoms with van der Waals surface area (Å²) in [6.07, 6.45) is 0. The molecule has 0 saturated carbocycles. The maximum Gasteiger partial charge on any atom is 0.243 e. The predicted molar refractivity (Wildman–Crippen MR) is 126 cm³/mol. The Hall–Kier alpha value is -1.39. The summed E-state index contributed by atoms with van der Waals surface area (Å²) in [6.45, 7) is 3.67. The number of rotatable bonds is 9. The first-order valence-electron chi connectivity index (χ1n) is 10.0. The van der Waals surface area contributed by atoms with Crippen molar-refractivity contribution in [2.75, 3.05) is 45.9 Å². The molecule has 2 aromatic carbocycles. The first-order valence-corrected chi connectivity index (χ1v) is 12.6. The summed E-state index contributed by atoms with van der Waals surface area (Å²) >= 11 is 18.0. The van der Waals surface area contributed by atoms with E-state index in [1.54, 1.807) is 18.2 Å². The Bertz CT molecular complexity index is 1030. The fourth-order valence-electron chi connectivity index (χ4n) is 3.22. The van der Waals surface area contributed by atoms with Crippen LogP contribution in [0.2, 0.25) is 15.1 Å². The van der Waals surface area contributed by atoms with Crippen molar-refractivity contribution >= 4 is 50.7 Å². The number of carbonyl (C=O) groups is 1. The maximum absolute atomic E-state index is 13.3. The second kappa shape index (κ2) is 11.7. The highest BCUT2D eigenvalue weighted by molar-refractivity contribution is 7.89. The SMILES string of the molecule is O=C(CN(Cc1ccc(Cl)c(Cl)c1)S(=O)(=O)c1ccc(Cl)cc1)NCCN1CCOCC1. The van der Waals surface area contributed by atoms with Crippen LogP contribution in [-0.2, 0) is 26.1 Å². The van der Waals surface area contributed by atoms with Gasteiger partial charge in [-0.05, 0) is 42.0 Å². The van der Waals surface area contributed by atoms with E-state index in [4.69, 9.17) is 39.5 Å². The third kappa shape index (κ3) is 7.05. The van der Waals surface area contributed by atoms with Gasteiger partial charge >= 0.3 is 0 Å². The average Bonchev–Trinajstić information content (AvgIpc) is 2.77. The van der Waals surface area contributed by atoms with Crippen molar-refractivity contribution in [3.05, 3.63) is 63.1 Å². The van der Waals surface area contributed by atoms with Gasteiger partial charge in [0.05, 0.1) is 34.7 Å². The fraction of sp³-hybridized carbons (Fsp3) is 0.381. The standard InChI is InChI=1S/C21H24Cl3N3O4S/c22-17-2-4-18(5-3-17)32(29,30)27(14-16-1-6-19(23)20(24)13-16)15-21(28)25-7-8-26-9-11-31-12-10-26/h1-6,13H,7-12,14-15H2,(H,25,28). The number of benzene rings is 2. The van der Waals surface area contributed by atoms with Gasteiger partial charge in [0.15, 0.2) is 0 Å². The molecule has 1 aliphatic heterocycles. The average molecular weight is 521 g/mol. The van der Waals surface area contributed by atoms with E-state index in [0.29, 0.717) is 46.9 Å². The number of nitrogens with one attached hydrogen (secondary N) is 1. The van der Waals surface area contributed by atoms with Crippen LogP contribution in [0, 0.1) is 0 Å². The van der Waals surface area contributed by atoms with Crippen LogP contribution in [0.3, 0.4) is 0 Å². The molecule has 11 heteroatoms. The topological polar surface area (TPSA) is 79.0 Å². The molecule has 7 nitrogen and oxygen atoms in total. The van der Waals surface area contributed by atoms with Crippen LogP contribution in [0.5, 0.6) is 0 Å². The quantitative estimate of drug-likeness (QED) is 0.549. The van der Waals surface area contributed by atoms with Crippen molar-refractivity contribution in [1.82, 2.24) is 14.5 Å². The van der Waals surface area contributed by atoms with E-state index < -0.39 is 15.9 Å². The number of morpholine rings is 1. The summed E-state index contributed by atoms with van der Waals surface area (Å²) in [7, 11) is -3.97. The molecule has 3 rings (SSSR count). The second-order valence-corrected chi connectivity index (χ2v) is 10.5. The summed E-state index contributed by atoms with van der Waals surface area (Å²) in [4.78, 5) is 14.8. The van der Waals surface area contributed by atoms with E-state index in [9.17, 15) is 13.2 Å². The number of carbonyl (C=O) groups excluding carboxylic acids is 1. The summed E-state index contributed by atoms with van der Waals surface area (Å²) in [5.74, 6) is -0.393. The van der Waals surface area contributed by atoms with Crippen LogP contribution in [-0.4, -0.2) is 69.5 Å². The molecule has 1 amide bonds. The van der Waals surface area contributed by atoms with Crippen LogP contribution in [0.1, 0.15) is 5.56 Å². The molecule has 2 aromatic rings. The predicted octanol–water partition coefficient (Wildman–Crippen LogP) is 3.29. The molecule has 0 aromatic heterocycles. The van der Waals surface area contributed by atoms with E-state index in [0.717, 1.165) is 17.4 Å². The second-order valence-electron chi connectivity index (χ2n) is 7.28. The molecule has 174 valence electrons. The molecule has 0 aliphatic carbocycles. The van der Waals surface area contributed by atoms with Crippen LogP contribution in [0.4, 0.5) is 0 Å². The van der Waals surface area contributed by atoms with Crippen molar-refractivity contribution < 1.29 is 17.9 Å². The highest BCUT2D eigenvalue weighted by Crippen LogP contribution is 2.25. The van der Waals surface area contributed by atoms with E-state index in [1.165, 1.54) is 24.3 Å². The monoisotopic (exact) mass is 519 g/mol. The Morgan fingerprint density at radius 1 is 1.03 bits per heavy atom. The minimum Gasteiger partial charge on any atom is -0.379 e. The number of hydrogen-bond donors (Lipinski definition) is 1. The minimum atomic E-state index is -3.97. The van der Waals surface area contributed by atoms with Crippen molar-refractivity contribution in [1.29, 1.82) is 0 Å². The lowest BCUT2D eigenvalue weighted by molar-refractivity contribution is -0.121. The van der Waals surface area contributed by atoms with Crippen LogP contribution in [0.25, 0.3) is 0 Å². The number of hydrogen-bond acceptors (Lipinski definition) is 5. The third-order valence-corrected chi connectivity index (χ3v) is 7.77. The van der Waals surface area contributed by atoms with E-state index in [1.807, 2.05) is 0 Å². The summed E-state index contributed by atoms with van der Waals surface area (Å²) in [5, 5.41) is 3.89. The zero-order chi connectivity index (χ0) is 23.1. The first-order chi connectivity index (χ1) is 15.3. The third-order valence-electron chi connectivity index (χ3n) is 4.97. The molecule has 1 heterocycles. The molecule has 1 saturated heterocycles. The number of amides is 1. The van der Waals surface area contributed by atoms with Gasteiger partial charge in [0.1, 0.15) is 0 Å². The summed E-state index contributed by atoms with van der Waals surface area (Å²) < 4.78 is 33.0. The van der Waals surface area contributed by atoms with Crippen molar-refractivity contribution in [3.8, 4) is 0 Å². The highest BCUT2D eigenvalue weighted by Gasteiger charge is 2.27. The molecule has 0 atom stereocenters. The Morgan fingerprint density at radius 2 is 1.72 bits per heavy atom. The molecular weight excluding hydrogens is 497 g/mol. The molecule has 1 aliphatic rings. The summed E-state index contributed by atoms with van der Waals surface area (Å²) in [5.41, 5.74) is 0.609. The van der Waals surface area contributed by atoms with Crippen molar-refractivity contribution in [2.45, 2.75) is 11.4 Å². The van der Waals surface area contributed by atoms with E-state index >= 15 is 0 Å². The molecule has 32 heavy (non-hydrogen) atoms. The van der Waals surface area contributed by atoms with Gasteiger partial charge < -0.3 is 10.1 Å². The lowest BCUT2D eigenvalue weighted by atomic mass is 10.2. The Kier molecular flexibility index (Phi) is 9.19. The maximum atomic E-state index is 13.3. The number of nitrogens with zero attached hydrogens (tertiary/aromatic N) is 2. The number of halogens is 3. The molecule has 0 unspecified atom stereocenters. The Labute approximate surface area is 203 Å². The van der Waals surface area contributed by atoms with Gasteiger partial charge in [0.25, 0.3) is 0 Å². The van der Waals surface area contributed by atoms with Crippen LogP contribution < -0.4 is 5.32 Å². The van der Waals surface area contributed by atoms with Gasteiger partial charge in [-0.2, -0.15) is 4.31 Å². The summed E-state index contributed by atoms with van der Waals surface area (Å²) in [6, 6.07) is 10.7. The smallest absolute Gasteiger partial charge is 0.243 e. The van der Waals surface area contributed by atoms with Crippen molar-refractivity contribution in [2.24, 2.45) is 0 Å². The van der Waals surface area contributed by atoms with Gasteiger partial charge in [-0.1, -0.05) is 40.9 Å². The van der Waals surface area contributed by atoms with Crippen molar-refractivity contribution in [3.63, 3.8) is 0 Å². The highest BCUT2D eigenvalue weighted by atomic mass is 35.5. The lowest BCUT2D eigenvalue weighted by Crippen LogP contribution is -2.44. The van der Waals surface area contributed by atoms with Gasteiger partial charge in [-0.3, -0.25) is 9.69 Å². The zero-order valence-corrected chi connectivity index (χ0v) is 20.4. The van der Waals surface area contributed by atoms with Crippen LogP contribution >= 0.6 is 34.8 Å². The number of ether oxygens (including phenoxy) is 1. The van der Waals surface area contributed by atoms with Gasteiger partial charge in [-0.25, -0.2) is 8.42 Å². The van der Waals surface area contributed by atoms with Gasteiger partial charge in [0.2, 0.25) is 15.9 Å².